The van der Waals surface area contributed by atoms with Gasteiger partial charge in [-0.25, -0.2) is 0 Å². The number of likely N-dealkylation sites (tertiary alicyclic amines) is 1. The fourth-order valence-corrected chi connectivity index (χ4v) is 3.44. The second kappa shape index (κ2) is 8.60. The molecular formula is C20H22N2O6. The normalized spacial score (nSPS) is 15.9. The van der Waals surface area contributed by atoms with Crippen molar-refractivity contribution >= 4 is 11.6 Å². The smallest absolute Gasteiger partial charge is 0.310 e. The van der Waals surface area contributed by atoms with Crippen molar-refractivity contribution in [2.45, 2.75) is 18.9 Å². The zero-order valence-corrected chi connectivity index (χ0v) is 15.8. The van der Waals surface area contributed by atoms with Crippen molar-refractivity contribution in [2.24, 2.45) is 0 Å². The second-order valence-electron chi connectivity index (χ2n) is 6.37. The van der Waals surface area contributed by atoms with Gasteiger partial charge in [0, 0.05) is 18.2 Å². The lowest BCUT2D eigenvalue weighted by Crippen LogP contribution is -2.34. The first-order valence-corrected chi connectivity index (χ1v) is 8.92. The lowest BCUT2D eigenvalue weighted by molar-refractivity contribution is -0.385. The van der Waals surface area contributed by atoms with Crippen LogP contribution in [0.25, 0.3) is 0 Å². The minimum absolute atomic E-state index is 0.0792. The van der Waals surface area contributed by atoms with Gasteiger partial charge in [0.05, 0.1) is 25.2 Å². The van der Waals surface area contributed by atoms with Crippen LogP contribution in [-0.4, -0.2) is 43.1 Å². The summed E-state index contributed by atoms with van der Waals surface area (Å²) in [5.74, 6) is 1.22. The van der Waals surface area contributed by atoms with E-state index in [1.807, 2.05) is 12.1 Å². The predicted octanol–water partition coefficient (Wildman–Crippen LogP) is 3.35. The van der Waals surface area contributed by atoms with Crippen LogP contribution in [0.5, 0.6) is 17.2 Å². The van der Waals surface area contributed by atoms with Crippen molar-refractivity contribution in [3.63, 3.8) is 0 Å². The topological polar surface area (TPSA) is 91.1 Å². The van der Waals surface area contributed by atoms with E-state index in [-0.39, 0.29) is 30.0 Å². The Morgan fingerprint density at radius 1 is 1.18 bits per heavy atom. The van der Waals surface area contributed by atoms with Gasteiger partial charge in [0.15, 0.2) is 12.4 Å². The summed E-state index contributed by atoms with van der Waals surface area (Å²) in [6, 6.07) is 11.4. The van der Waals surface area contributed by atoms with Gasteiger partial charge in [0.25, 0.3) is 5.91 Å². The molecule has 1 aliphatic rings. The number of hydrogen-bond donors (Lipinski definition) is 0. The molecule has 0 spiro atoms. The first-order chi connectivity index (χ1) is 13.5. The maximum Gasteiger partial charge on any atom is 0.310 e. The van der Waals surface area contributed by atoms with Gasteiger partial charge in [-0.05, 0) is 37.1 Å². The summed E-state index contributed by atoms with van der Waals surface area (Å²) in [7, 11) is 3.17. The average molecular weight is 386 g/mol. The Kier molecular flexibility index (Phi) is 5.98. The van der Waals surface area contributed by atoms with Crippen molar-refractivity contribution in [1.82, 2.24) is 4.90 Å². The third kappa shape index (κ3) is 4.00. The molecule has 0 aromatic heterocycles. The molecule has 3 rings (SSSR count). The summed E-state index contributed by atoms with van der Waals surface area (Å²) in [5.41, 5.74) is 0.709. The number of para-hydroxylation sites is 2. The summed E-state index contributed by atoms with van der Waals surface area (Å²) in [5, 5.41) is 11.1. The third-order valence-electron chi connectivity index (χ3n) is 4.78. The Bertz CT molecular complexity index is 870. The van der Waals surface area contributed by atoms with Crippen LogP contribution >= 0.6 is 0 Å². The zero-order valence-electron chi connectivity index (χ0n) is 15.8. The summed E-state index contributed by atoms with van der Waals surface area (Å²) in [6.45, 7) is 0.317. The molecule has 1 fully saturated rings. The van der Waals surface area contributed by atoms with Gasteiger partial charge >= 0.3 is 5.69 Å². The van der Waals surface area contributed by atoms with E-state index in [2.05, 4.69) is 0 Å². The number of methoxy groups -OCH3 is 2. The van der Waals surface area contributed by atoms with Crippen molar-refractivity contribution in [2.75, 3.05) is 27.4 Å². The highest BCUT2D eigenvalue weighted by Gasteiger charge is 2.32. The van der Waals surface area contributed by atoms with Crippen molar-refractivity contribution in [3.05, 3.63) is 58.1 Å². The molecule has 28 heavy (non-hydrogen) atoms. The summed E-state index contributed by atoms with van der Waals surface area (Å²) >= 11 is 0. The molecule has 0 N–H and O–H groups in total. The number of carbonyl (C=O) groups is 1. The van der Waals surface area contributed by atoms with Gasteiger partial charge in [0.1, 0.15) is 11.5 Å². The van der Waals surface area contributed by atoms with E-state index >= 15 is 0 Å². The Balaban J connectivity index is 1.76. The Morgan fingerprint density at radius 2 is 1.96 bits per heavy atom. The van der Waals surface area contributed by atoms with E-state index in [1.165, 1.54) is 12.1 Å². The molecule has 1 saturated heterocycles. The number of rotatable bonds is 7. The Labute approximate surface area is 162 Å². The van der Waals surface area contributed by atoms with E-state index in [1.54, 1.807) is 37.3 Å². The van der Waals surface area contributed by atoms with Gasteiger partial charge in [-0.15, -0.1) is 0 Å². The molecule has 1 heterocycles. The average Bonchev–Trinajstić information content (AvgIpc) is 3.21. The summed E-state index contributed by atoms with van der Waals surface area (Å²) < 4.78 is 16.2. The maximum atomic E-state index is 12.8. The molecular weight excluding hydrogens is 364 g/mol. The van der Waals surface area contributed by atoms with Crippen LogP contribution in [0.15, 0.2) is 42.5 Å². The molecule has 8 heteroatoms. The monoisotopic (exact) mass is 386 g/mol. The molecule has 0 aliphatic carbocycles. The number of carbonyl (C=O) groups excluding carboxylic acids is 1. The fourth-order valence-electron chi connectivity index (χ4n) is 3.44. The quantitative estimate of drug-likeness (QED) is 0.535. The van der Waals surface area contributed by atoms with E-state index in [4.69, 9.17) is 14.2 Å². The van der Waals surface area contributed by atoms with Crippen molar-refractivity contribution in [3.8, 4) is 17.2 Å². The first-order valence-electron chi connectivity index (χ1n) is 8.92. The molecule has 0 bridgehead atoms. The highest BCUT2D eigenvalue weighted by molar-refractivity contribution is 5.79. The molecule has 8 nitrogen and oxygen atoms in total. The maximum absolute atomic E-state index is 12.8. The molecule has 1 aliphatic heterocycles. The van der Waals surface area contributed by atoms with Gasteiger partial charge in [-0.3, -0.25) is 14.9 Å². The summed E-state index contributed by atoms with van der Waals surface area (Å²) in [4.78, 5) is 25.1. The highest BCUT2D eigenvalue weighted by Crippen LogP contribution is 2.39. The number of ether oxygens (including phenoxy) is 3. The number of amides is 1. The number of nitro benzene ring substituents is 1. The molecule has 2 aromatic rings. The van der Waals surface area contributed by atoms with Crippen LogP contribution in [0.3, 0.4) is 0 Å². The van der Waals surface area contributed by atoms with Crippen LogP contribution in [0.4, 0.5) is 5.69 Å². The first kappa shape index (κ1) is 19.5. The van der Waals surface area contributed by atoms with E-state index in [0.29, 0.717) is 18.0 Å². The Hall–Kier alpha value is -3.29. The second-order valence-corrected chi connectivity index (χ2v) is 6.37. The van der Waals surface area contributed by atoms with E-state index in [9.17, 15) is 14.9 Å². The van der Waals surface area contributed by atoms with E-state index in [0.717, 1.165) is 18.4 Å². The van der Waals surface area contributed by atoms with Crippen LogP contribution in [0.1, 0.15) is 24.4 Å². The minimum atomic E-state index is -0.528. The minimum Gasteiger partial charge on any atom is -0.497 e. The van der Waals surface area contributed by atoms with Crippen LogP contribution < -0.4 is 14.2 Å². The number of nitrogens with zero attached hydrogens (tertiary/aromatic N) is 2. The van der Waals surface area contributed by atoms with Crippen molar-refractivity contribution in [1.29, 1.82) is 0 Å². The van der Waals surface area contributed by atoms with Crippen LogP contribution in [0.2, 0.25) is 0 Å². The molecule has 1 atom stereocenters. The zero-order chi connectivity index (χ0) is 20.1. The van der Waals surface area contributed by atoms with Gasteiger partial charge < -0.3 is 19.1 Å². The summed E-state index contributed by atoms with van der Waals surface area (Å²) in [6.07, 6.45) is 1.64. The van der Waals surface area contributed by atoms with Crippen molar-refractivity contribution < 1.29 is 23.9 Å². The largest absolute Gasteiger partial charge is 0.497 e. The lowest BCUT2D eigenvalue weighted by atomic mass is 10.0. The molecule has 1 amide bonds. The molecule has 0 saturated carbocycles. The number of benzene rings is 2. The SMILES string of the molecule is COc1ccc(OC)c([C@H]2CCCN2C(=O)COc2ccccc2[N+](=O)[O-])c1. The molecule has 148 valence electrons. The van der Waals surface area contributed by atoms with Crippen LogP contribution in [-0.2, 0) is 4.79 Å². The van der Waals surface area contributed by atoms with Gasteiger partial charge in [0.2, 0.25) is 0 Å². The van der Waals surface area contributed by atoms with E-state index < -0.39 is 4.92 Å². The molecule has 2 aromatic carbocycles. The van der Waals surface area contributed by atoms with Gasteiger partial charge in [-0.2, -0.15) is 0 Å². The third-order valence-corrected chi connectivity index (χ3v) is 4.78. The number of hydrogen-bond acceptors (Lipinski definition) is 6. The van der Waals surface area contributed by atoms with Gasteiger partial charge in [-0.1, -0.05) is 12.1 Å². The number of nitro groups is 1. The lowest BCUT2D eigenvalue weighted by Gasteiger charge is -2.26. The highest BCUT2D eigenvalue weighted by atomic mass is 16.6. The molecule has 0 radical (unpaired) electrons. The predicted molar refractivity (Wildman–Crippen MR) is 102 cm³/mol. The molecule has 0 unspecified atom stereocenters. The Morgan fingerprint density at radius 3 is 2.68 bits per heavy atom. The fraction of sp³-hybridized carbons (Fsp3) is 0.350. The standard InChI is InChI=1S/C20H22N2O6/c1-26-14-9-10-18(27-2)15(12-14)16-7-5-11-21(16)20(23)13-28-19-8-4-3-6-17(19)22(24)25/h3-4,6,8-10,12,16H,5,7,11,13H2,1-2H3/t16-/m1/s1. The van der Waals surface area contributed by atoms with Crippen LogP contribution in [0, 0.1) is 10.1 Å².